The highest BCUT2D eigenvalue weighted by molar-refractivity contribution is 5.76. The van der Waals surface area contributed by atoms with Crippen LogP contribution in [0.25, 0.3) is 0 Å². The molecule has 1 atom stereocenters. The smallest absolute Gasteiger partial charge is 0.221 e. The Morgan fingerprint density at radius 2 is 1.94 bits per heavy atom. The molecule has 1 aromatic rings. The first-order chi connectivity index (χ1) is 8.50. The molecule has 0 spiro atoms. The zero-order chi connectivity index (χ0) is 13.5. The zero-order valence-corrected chi connectivity index (χ0v) is 11.5. The summed E-state index contributed by atoms with van der Waals surface area (Å²) in [6, 6.07) is 0.294. The second-order valence-corrected chi connectivity index (χ2v) is 4.68. The average Bonchev–Trinajstić information content (AvgIpc) is 2.28. The lowest BCUT2D eigenvalue weighted by Crippen LogP contribution is -2.33. The highest BCUT2D eigenvalue weighted by Crippen LogP contribution is 2.11. The highest BCUT2D eigenvalue weighted by Gasteiger charge is 2.10. The van der Waals surface area contributed by atoms with Gasteiger partial charge in [-0.25, -0.2) is 0 Å². The monoisotopic (exact) mass is 250 g/mol. The summed E-state index contributed by atoms with van der Waals surface area (Å²) in [5.74, 6) is 0.0700. The van der Waals surface area contributed by atoms with E-state index in [4.69, 9.17) is 0 Å². The van der Waals surface area contributed by atoms with Crippen LogP contribution in [0.2, 0.25) is 0 Å². The van der Waals surface area contributed by atoms with Crippen LogP contribution in [0.1, 0.15) is 44.6 Å². The van der Waals surface area contributed by atoms with Gasteiger partial charge in [0.15, 0.2) is 0 Å². The van der Waals surface area contributed by atoms with Gasteiger partial charge in [-0.2, -0.15) is 0 Å². The lowest BCUT2D eigenvalue weighted by atomic mass is 10.2. The number of aryl methyl sites for hydroxylation is 1. The number of rotatable bonds is 6. The summed E-state index contributed by atoms with van der Waals surface area (Å²) in [5.41, 5.74) is 1.85. The van der Waals surface area contributed by atoms with Crippen molar-refractivity contribution >= 4 is 5.91 Å². The first kappa shape index (κ1) is 14.6. The second kappa shape index (κ2) is 7.06. The normalized spacial score (nSPS) is 12.5. The van der Waals surface area contributed by atoms with Crippen molar-refractivity contribution in [3.8, 4) is 0 Å². The maximum absolute atomic E-state index is 11.5. The minimum Gasteiger partial charge on any atom is -0.354 e. The third kappa shape index (κ3) is 4.79. The van der Waals surface area contributed by atoms with Crippen molar-refractivity contribution in [1.29, 1.82) is 0 Å². The van der Waals surface area contributed by atoms with Crippen molar-refractivity contribution in [2.75, 3.05) is 6.54 Å². The number of carbonyl (C=O) groups is 1. The van der Waals surface area contributed by atoms with E-state index in [1.807, 2.05) is 27.7 Å². The summed E-state index contributed by atoms with van der Waals surface area (Å²) in [6.45, 7) is 8.51. The molecule has 0 fully saturated rings. The maximum atomic E-state index is 11.5. The standard InChI is InChI=1S/C13H22N4O/c1-9(2)17-12(18)5-6-14-10(3)13-11(4)15-7-8-16-13/h7-10,14H,5-6H2,1-4H3,(H,17,18). The van der Waals surface area contributed by atoms with Gasteiger partial charge in [-0.05, 0) is 27.7 Å². The van der Waals surface area contributed by atoms with Crippen molar-refractivity contribution in [2.45, 2.75) is 46.2 Å². The summed E-state index contributed by atoms with van der Waals surface area (Å²) >= 11 is 0. The van der Waals surface area contributed by atoms with Gasteiger partial charge in [-0.3, -0.25) is 14.8 Å². The molecule has 0 aliphatic heterocycles. The molecule has 0 radical (unpaired) electrons. The topological polar surface area (TPSA) is 66.9 Å². The quantitative estimate of drug-likeness (QED) is 0.800. The number of nitrogens with one attached hydrogen (secondary N) is 2. The van der Waals surface area contributed by atoms with Crippen LogP contribution in [0.15, 0.2) is 12.4 Å². The number of amides is 1. The number of hydrogen-bond donors (Lipinski definition) is 2. The molecule has 1 amide bonds. The van der Waals surface area contributed by atoms with Gasteiger partial charge in [0.2, 0.25) is 5.91 Å². The molecule has 0 aromatic carbocycles. The Morgan fingerprint density at radius 1 is 1.28 bits per heavy atom. The fraction of sp³-hybridized carbons (Fsp3) is 0.615. The van der Waals surface area contributed by atoms with E-state index >= 15 is 0 Å². The van der Waals surface area contributed by atoms with Crippen LogP contribution in [-0.2, 0) is 4.79 Å². The van der Waals surface area contributed by atoms with E-state index in [-0.39, 0.29) is 18.0 Å². The number of hydrogen-bond acceptors (Lipinski definition) is 4. The summed E-state index contributed by atoms with van der Waals surface area (Å²) < 4.78 is 0. The molecule has 0 saturated heterocycles. The molecule has 0 bridgehead atoms. The van der Waals surface area contributed by atoms with E-state index in [1.54, 1.807) is 12.4 Å². The maximum Gasteiger partial charge on any atom is 0.221 e. The summed E-state index contributed by atoms with van der Waals surface area (Å²) in [6.07, 6.45) is 3.84. The molecule has 100 valence electrons. The van der Waals surface area contributed by atoms with E-state index in [9.17, 15) is 4.79 Å². The predicted molar refractivity (Wildman–Crippen MR) is 71.1 cm³/mol. The first-order valence-electron chi connectivity index (χ1n) is 6.31. The van der Waals surface area contributed by atoms with Gasteiger partial charge in [-0.1, -0.05) is 0 Å². The van der Waals surface area contributed by atoms with E-state index in [1.165, 1.54) is 0 Å². The van der Waals surface area contributed by atoms with E-state index in [0.29, 0.717) is 13.0 Å². The highest BCUT2D eigenvalue weighted by atomic mass is 16.1. The molecular weight excluding hydrogens is 228 g/mol. The number of aromatic nitrogens is 2. The molecule has 2 N–H and O–H groups in total. The fourth-order valence-corrected chi connectivity index (χ4v) is 1.74. The summed E-state index contributed by atoms with van der Waals surface area (Å²) in [4.78, 5) is 20.0. The molecule has 18 heavy (non-hydrogen) atoms. The van der Waals surface area contributed by atoms with Crippen LogP contribution < -0.4 is 10.6 Å². The van der Waals surface area contributed by atoms with Crippen molar-refractivity contribution < 1.29 is 4.79 Å². The Bertz CT molecular complexity index is 392. The number of nitrogens with zero attached hydrogens (tertiary/aromatic N) is 2. The van der Waals surface area contributed by atoms with Gasteiger partial charge in [0.1, 0.15) is 0 Å². The van der Waals surface area contributed by atoms with Crippen molar-refractivity contribution in [3.63, 3.8) is 0 Å². The zero-order valence-electron chi connectivity index (χ0n) is 11.5. The van der Waals surface area contributed by atoms with Crippen molar-refractivity contribution in [1.82, 2.24) is 20.6 Å². The SMILES string of the molecule is Cc1nccnc1C(C)NCCC(=O)NC(C)C. The lowest BCUT2D eigenvalue weighted by Gasteiger charge is -2.15. The van der Waals surface area contributed by atoms with Crippen LogP contribution in [0.5, 0.6) is 0 Å². The van der Waals surface area contributed by atoms with Gasteiger partial charge < -0.3 is 10.6 Å². The Morgan fingerprint density at radius 3 is 2.56 bits per heavy atom. The minimum absolute atomic E-state index is 0.0700. The Balaban J connectivity index is 2.36. The molecule has 1 rings (SSSR count). The van der Waals surface area contributed by atoms with E-state index in [0.717, 1.165) is 11.4 Å². The van der Waals surface area contributed by atoms with Crippen LogP contribution in [-0.4, -0.2) is 28.5 Å². The largest absolute Gasteiger partial charge is 0.354 e. The molecule has 0 aliphatic rings. The van der Waals surface area contributed by atoms with Gasteiger partial charge in [-0.15, -0.1) is 0 Å². The molecule has 5 nitrogen and oxygen atoms in total. The van der Waals surface area contributed by atoms with Crippen molar-refractivity contribution in [3.05, 3.63) is 23.8 Å². The molecule has 1 unspecified atom stereocenters. The van der Waals surface area contributed by atoms with Crippen LogP contribution in [0.4, 0.5) is 0 Å². The van der Waals surface area contributed by atoms with Crippen molar-refractivity contribution in [2.24, 2.45) is 0 Å². The molecule has 1 aromatic heterocycles. The van der Waals surface area contributed by atoms with Gasteiger partial charge in [0.05, 0.1) is 11.4 Å². The fourth-order valence-electron chi connectivity index (χ4n) is 1.74. The Labute approximate surface area is 108 Å². The third-order valence-electron chi connectivity index (χ3n) is 2.58. The van der Waals surface area contributed by atoms with E-state index in [2.05, 4.69) is 20.6 Å². The molecular formula is C13H22N4O. The van der Waals surface area contributed by atoms with E-state index < -0.39 is 0 Å². The summed E-state index contributed by atoms with van der Waals surface area (Å²) in [7, 11) is 0. The average molecular weight is 250 g/mol. The molecule has 0 aliphatic carbocycles. The Hall–Kier alpha value is -1.49. The Kier molecular flexibility index (Phi) is 5.71. The third-order valence-corrected chi connectivity index (χ3v) is 2.58. The first-order valence-corrected chi connectivity index (χ1v) is 6.31. The van der Waals surface area contributed by atoms with Gasteiger partial charge >= 0.3 is 0 Å². The van der Waals surface area contributed by atoms with Gasteiger partial charge in [0, 0.05) is 37.4 Å². The van der Waals surface area contributed by atoms with Crippen LogP contribution in [0.3, 0.4) is 0 Å². The second-order valence-electron chi connectivity index (χ2n) is 4.68. The molecule has 0 saturated carbocycles. The number of carbonyl (C=O) groups excluding carboxylic acids is 1. The predicted octanol–water partition coefficient (Wildman–Crippen LogP) is 1.35. The van der Waals surface area contributed by atoms with Gasteiger partial charge in [0.25, 0.3) is 0 Å². The molecule has 1 heterocycles. The molecule has 5 heteroatoms. The van der Waals surface area contributed by atoms with Crippen LogP contribution in [0, 0.1) is 6.92 Å². The van der Waals surface area contributed by atoms with Crippen LogP contribution >= 0.6 is 0 Å². The minimum atomic E-state index is 0.0700. The lowest BCUT2D eigenvalue weighted by molar-refractivity contribution is -0.121. The summed E-state index contributed by atoms with van der Waals surface area (Å²) in [5, 5.41) is 6.14.